The van der Waals surface area contributed by atoms with Crippen molar-refractivity contribution in [1.29, 1.82) is 5.26 Å². The molecule has 1 aromatic carbocycles. The fourth-order valence-corrected chi connectivity index (χ4v) is 4.83. The van der Waals surface area contributed by atoms with Gasteiger partial charge in [0.05, 0.1) is 36.8 Å². The van der Waals surface area contributed by atoms with Crippen molar-refractivity contribution in [3.63, 3.8) is 0 Å². The number of benzene rings is 1. The first kappa shape index (κ1) is 25.0. The number of anilines is 5. The standard InChI is InChI=1S/C26H26N12O2/c1-14-28-23-17(30-16-7-4-6-15(24(16)40-3)25-34-36-37(2)35-25)12-21(33-26(23)29-14)32-20-10-9-19(18(13-27)31-20)38-11-5-8-22(38)39/h4,6-7,9-10,12,22,39H,5,8,11H2,1-3H3,(H3,28,29,30,31,32,33). The number of pyridine rings is 2. The first-order chi connectivity index (χ1) is 19.4. The number of aromatic nitrogens is 8. The quantitative estimate of drug-likeness (QED) is 0.238. The number of aliphatic hydroxyl groups excluding tert-OH is 1. The summed E-state index contributed by atoms with van der Waals surface area (Å²) in [6.45, 7) is 2.53. The molecule has 0 amide bonds. The molecule has 1 saturated heterocycles. The number of H-pyrrole nitrogens is 1. The number of aromatic amines is 1. The summed E-state index contributed by atoms with van der Waals surface area (Å²) in [7, 11) is 3.28. The Bertz CT molecular complexity index is 1750. The predicted molar refractivity (Wildman–Crippen MR) is 148 cm³/mol. The lowest BCUT2D eigenvalue weighted by Crippen LogP contribution is -2.29. The van der Waals surface area contributed by atoms with Crippen molar-refractivity contribution in [2.75, 3.05) is 29.2 Å². The van der Waals surface area contributed by atoms with Crippen LogP contribution in [0.4, 0.5) is 28.7 Å². The minimum Gasteiger partial charge on any atom is -0.494 e. The summed E-state index contributed by atoms with van der Waals surface area (Å²) in [5.74, 6) is 2.60. The topological polar surface area (TPSA) is 179 Å². The molecule has 0 spiro atoms. The van der Waals surface area contributed by atoms with Gasteiger partial charge in [-0.1, -0.05) is 6.07 Å². The molecule has 5 aromatic rings. The smallest absolute Gasteiger partial charge is 0.208 e. The summed E-state index contributed by atoms with van der Waals surface area (Å²) in [5, 5.41) is 39.0. The molecule has 14 nitrogen and oxygen atoms in total. The number of ether oxygens (including phenoxy) is 1. The van der Waals surface area contributed by atoms with Crippen LogP contribution in [0.25, 0.3) is 22.6 Å². The molecule has 4 N–H and O–H groups in total. The first-order valence-corrected chi connectivity index (χ1v) is 12.6. The minimum atomic E-state index is -0.616. The average Bonchev–Trinajstić information content (AvgIpc) is 3.67. The van der Waals surface area contributed by atoms with Crippen LogP contribution in [0.15, 0.2) is 36.4 Å². The van der Waals surface area contributed by atoms with Gasteiger partial charge in [0.1, 0.15) is 35.3 Å². The Morgan fingerprint density at radius 2 is 2.00 bits per heavy atom. The number of aliphatic hydroxyl groups is 1. The molecule has 4 aromatic heterocycles. The van der Waals surface area contributed by atoms with Crippen molar-refractivity contribution in [1.82, 2.24) is 40.1 Å². The number of methoxy groups -OCH3 is 1. The Morgan fingerprint density at radius 1 is 1.12 bits per heavy atom. The minimum absolute atomic E-state index is 0.224. The number of nitriles is 1. The highest BCUT2D eigenvalue weighted by molar-refractivity contribution is 5.92. The van der Waals surface area contributed by atoms with E-state index in [-0.39, 0.29) is 5.69 Å². The van der Waals surface area contributed by atoms with Crippen LogP contribution in [0.3, 0.4) is 0 Å². The first-order valence-electron chi connectivity index (χ1n) is 12.6. The highest BCUT2D eigenvalue weighted by Crippen LogP contribution is 2.38. The molecular formula is C26H26N12O2. The average molecular weight is 539 g/mol. The lowest BCUT2D eigenvalue weighted by Gasteiger charge is -2.23. The lowest BCUT2D eigenvalue weighted by molar-refractivity contribution is 0.185. The SMILES string of the molecule is COc1c(Nc2cc(Nc3ccc(N4CCCC4O)c(C#N)n3)nc3[nH]c(C)nc23)cccc1-c1nnn(C)n1. The van der Waals surface area contributed by atoms with Crippen LogP contribution in [0, 0.1) is 18.3 Å². The zero-order chi connectivity index (χ0) is 27.8. The number of imidazole rings is 1. The van der Waals surface area contributed by atoms with Crippen LogP contribution in [-0.4, -0.2) is 65.1 Å². The van der Waals surface area contributed by atoms with Crippen LogP contribution in [-0.2, 0) is 7.05 Å². The van der Waals surface area contributed by atoms with E-state index < -0.39 is 6.23 Å². The molecule has 202 valence electrons. The molecule has 1 unspecified atom stereocenters. The molecule has 14 heteroatoms. The normalized spacial score (nSPS) is 14.9. The zero-order valence-electron chi connectivity index (χ0n) is 22.0. The predicted octanol–water partition coefficient (Wildman–Crippen LogP) is 3.14. The second-order valence-electron chi connectivity index (χ2n) is 9.31. The summed E-state index contributed by atoms with van der Waals surface area (Å²) in [4.78, 5) is 20.1. The van der Waals surface area contributed by atoms with Crippen LogP contribution in [0.1, 0.15) is 24.4 Å². The van der Waals surface area contributed by atoms with E-state index in [9.17, 15) is 10.4 Å². The largest absolute Gasteiger partial charge is 0.494 e. The molecule has 0 saturated carbocycles. The number of para-hydroxylation sites is 1. The van der Waals surface area contributed by atoms with Gasteiger partial charge in [0.15, 0.2) is 17.1 Å². The van der Waals surface area contributed by atoms with Crippen molar-refractivity contribution in [2.24, 2.45) is 7.05 Å². The number of hydrogen-bond donors (Lipinski definition) is 4. The summed E-state index contributed by atoms with van der Waals surface area (Å²) in [5.41, 5.74) is 4.05. The molecule has 0 aliphatic carbocycles. The molecule has 6 rings (SSSR count). The van der Waals surface area contributed by atoms with Crippen molar-refractivity contribution in [2.45, 2.75) is 26.0 Å². The van der Waals surface area contributed by atoms with Gasteiger partial charge >= 0.3 is 0 Å². The number of nitrogens with zero attached hydrogens (tertiary/aromatic N) is 9. The molecule has 1 atom stereocenters. The number of hydrogen-bond acceptors (Lipinski definition) is 12. The second kappa shape index (κ2) is 10.1. The summed E-state index contributed by atoms with van der Waals surface area (Å²) >= 11 is 0. The van der Waals surface area contributed by atoms with Crippen LogP contribution < -0.4 is 20.3 Å². The van der Waals surface area contributed by atoms with E-state index in [0.29, 0.717) is 75.8 Å². The van der Waals surface area contributed by atoms with Gasteiger partial charge in [0.25, 0.3) is 0 Å². The third-order valence-electron chi connectivity index (χ3n) is 6.58. The lowest BCUT2D eigenvalue weighted by atomic mass is 10.1. The summed E-state index contributed by atoms with van der Waals surface area (Å²) in [6, 6.07) is 13.1. The van der Waals surface area contributed by atoms with Gasteiger partial charge in [-0.05, 0) is 49.2 Å². The number of rotatable bonds is 7. The summed E-state index contributed by atoms with van der Waals surface area (Å²) in [6.07, 6.45) is 0.907. The molecule has 1 aliphatic rings. The monoisotopic (exact) mass is 538 g/mol. The van der Waals surface area contributed by atoms with Crippen LogP contribution in [0.5, 0.6) is 5.75 Å². The Labute approximate surface area is 228 Å². The Kier molecular flexibility index (Phi) is 6.33. The van der Waals surface area contributed by atoms with E-state index in [1.165, 1.54) is 4.80 Å². The van der Waals surface area contributed by atoms with E-state index in [2.05, 4.69) is 52.0 Å². The zero-order valence-corrected chi connectivity index (χ0v) is 22.0. The maximum Gasteiger partial charge on any atom is 0.208 e. The fraction of sp³-hybridized carbons (Fsp3) is 0.269. The molecule has 1 aliphatic heterocycles. The van der Waals surface area contributed by atoms with Crippen molar-refractivity contribution < 1.29 is 9.84 Å². The van der Waals surface area contributed by atoms with Gasteiger partial charge in [0.2, 0.25) is 5.82 Å². The molecule has 1 fully saturated rings. The van der Waals surface area contributed by atoms with Gasteiger partial charge in [-0.25, -0.2) is 15.0 Å². The highest BCUT2D eigenvalue weighted by atomic mass is 16.5. The van der Waals surface area contributed by atoms with E-state index in [1.807, 2.05) is 25.1 Å². The van der Waals surface area contributed by atoms with Crippen molar-refractivity contribution >= 4 is 39.9 Å². The van der Waals surface area contributed by atoms with Gasteiger partial charge in [0, 0.05) is 12.6 Å². The molecule has 0 bridgehead atoms. The number of tetrazole rings is 1. The Balaban J connectivity index is 1.36. The van der Waals surface area contributed by atoms with Crippen LogP contribution in [0.2, 0.25) is 0 Å². The third-order valence-corrected chi connectivity index (χ3v) is 6.58. The van der Waals surface area contributed by atoms with Gasteiger partial charge in [-0.15, -0.1) is 10.2 Å². The van der Waals surface area contributed by atoms with E-state index in [1.54, 1.807) is 37.3 Å². The summed E-state index contributed by atoms with van der Waals surface area (Å²) < 4.78 is 5.74. The van der Waals surface area contributed by atoms with Gasteiger partial charge in [-0.3, -0.25) is 0 Å². The number of aryl methyl sites for hydroxylation is 2. The number of fused-ring (bicyclic) bond motifs is 1. The second-order valence-corrected chi connectivity index (χ2v) is 9.31. The van der Waals surface area contributed by atoms with Crippen molar-refractivity contribution in [3.8, 4) is 23.2 Å². The van der Waals surface area contributed by atoms with E-state index in [4.69, 9.17) is 4.74 Å². The molecular weight excluding hydrogens is 512 g/mol. The third kappa shape index (κ3) is 4.58. The maximum atomic E-state index is 10.3. The number of nitrogens with one attached hydrogen (secondary N) is 3. The van der Waals surface area contributed by atoms with Crippen molar-refractivity contribution in [3.05, 3.63) is 47.9 Å². The molecule has 5 heterocycles. The molecule has 0 radical (unpaired) electrons. The highest BCUT2D eigenvalue weighted by Gasteiger charge is 2.25. The maximum absolute atomic E-state index is 10.3. The Hall–Kier alpha value is -5.29. The Morgan fingerprint density at radius 3 is 2.73 bits per heavy atom. The van der Waals surface area contributed by atoms with Crippen LogP contribution >= 0.6 is 0 Å². The fourth-order valence-electron chi connectivity index (χ4n) is 4.83. The van der Waals surface area contributed by atoms with Gasteiger partial charge < -0.3 is 30.4 Å². The van der Waals surface area contributed by atoms with E-state index in [0.717, 1.165) is 6.42 Å². The van der Waals surface area contributed by atoms with Gasteiger partial charge in [-0.2, -0.15) is 10.1 Å². The van der Waals surface area contributed by atoms with E-state index >= 15 is 0 Å². The molecule has 40 heavy (non-hydrogen) atoms.